The van der Waals surface area contributed by atoms with Crippen molar-refractivity contribution in [1.29, 1.82) is 0 Å². The summed E-state index contributed by atoms with van der Waals surface area (Å²) < 4.78 is 16.3. The largest absolute Gasteiger partial charge is 0.493 e. The van der Waals surface area contributed by atoms with Crippen molar-refractivity contribution >= 4 is 34.7 Å². The smallest absolute Gasteiger partial charge is 0.307 e. The molecular formula is C14H13IN2O4. The Kier molecular flexibility index (Phi) is 5.20. The summed E-state index contributed by atoms with van der Waals surface area (Å²) in [7, 11) is 3.14. The van der Waals surface area contributed by atoms with Crippen LogP contribution < -0.4 is 14.9 Å². The monoisotopic (exact) mass is 400 g/mol. The Morgan fingerprint density at radius 3 is 2.81 bits per heavy atom. The van der Waals surface area contributed by atoms with Gasteiger partial charge in [0, 0.05) is 0 Å². The second-order valence-corrected chi connectivity index (χ2v) is 5.08. The van der Waals surface area contributed by atoms with Crippen LogP contribution in [0.5, 0.6) is 11.5 Å². The Bertz CT molecular complexity index is 653. The fourth-order valence-electron chi connectivity index (χ4n) is 1.64. The van der Waals surface area contributed by atoms with Crippen LogP contribution in [0.15, 0.2) is 40.0 Å². The van der Waals surface area contributed by atoms with Crippen LogP contribution in [0, 0.1) is 3.57 Å². The molecule has 1 N–H and O–H groups in total. The number of rotatable bonds is 5. The third-order valence-corrected chi connectivity index (χ3v) is 3.38. The Labute approximate surface area is 135 Å². The molecule has 2 rings (SSSR count). The average Bonchev–Trinajstić information content (AvgIpc) is 3.00. The summed E-state index contributed by atoms with van der Waals surface area (Å²) >= 11 is 2.14. The Morgan fingerprint density at radius 1 is 1.38 bits per heavy atom. The maximum absolute atomic E-state index is 11.6. The van der Waals surface area contributed by atoms with Crippen molar-refractivity contribution in [2.75, 3.05) is 14.2 Å². The molecule has 0 aliphatic rings. The zero-order valence-corrected chi connectivity index (χ0v) is 13.6. The molecule has 0 unspecified atom stereocenters. The summed E-state index contributed by atoms with van der Waals surface area (Å²) in [5.41, 5.74) is 3.16. The van der Waals surface area contributed by atoms with E-state index in [9.17, 15) is 4.79 Å². The molecule has 0 fully saturated rings. The van der Waals surface area contributed by atoms with Crippen LogP contribution >= 0.6 is 22.6 Å². The van der Waals surface area contributed by atoms with Gasteiger partial charge in [0.15, 0.2) is 17.3 Å². The van der Waals surface area contributed by atoms with E-state index in [1.165, 1.54) is 12.5 Å². The first kappa shape index (κ1) is 15.4. The molecule has 0 spiro atoms. The van der Waals surface area contributed by atoms with Gasteiger partial charge >= 0.3 is 5.91 Å². The number of benzene rings is 1. The zero-order chi connectivity index (χ0) is 15.2. The first-order chi connectivity index (χ1) is 10.2. The van der Waals surface area contributed by atoms with Crippen LogP contribution in [0.2, 0.25) is 0 Å². The lowest BCUT2D eigenvalue weighted by molar-refractivity contribution is 0.0927. The second kappa shape index (κ2) is 7.11. The van der Waals surface area contributed by atoms with Gasteiger partial charge in [-0.3, -0.25) is 4.79 Å². The lowest BCUT2D eigenvalue weighted by Gasteiger charge is -2.10. The minimum atomic E-state index is -0.411. The summed E-state index contributed by atoms with van der Waals surface area (Å²) in [6.07, 6.45) is 2.94. The molecule has 1 aromatic heterocycles. The molecule has 7 heteroatoms. The molecule has 0 radical (unpaired) electrons. The third kappa shape index (κ3) is 3.75. The number of hydrogen-bond donors (Lipinski definition) is 1. The Hall–Kier alpha value is -2.03. The molecular weight excluding hydrogens is 387 g/mol. The number of amides is 1. The molecule has 0 aliphatic carbocycles. The van der Waals surface area contributed by atoms with E-state index < -0.39 is 5.91 Å². The normalized spacial score (nSPS) is 10.6. The number of furan rings is 1. The highest BCUT2D eigenvalue weighted by Crippen LogP contribution is 2.32. The van der Waals surface area contributed by atoms with Gasteiger partial charge in [0.1, 0.15) is 0 Å². The van der Waals surface area contributed by atoms with Crippen LogP contribution in [-0.2, 0) is 0 Å². The van der Waals surface area contributed by atoms with Gasteiger partial charge in [-0.25, -0.2) is 5.43 Å². The van der Waals surface area contributed by atoms with Gasteiger partial charge in [0.25, 0.3) is 0 Å². The zero-order valence-electron chi connectivity index (χ0n) is 11.4. The van der Waals surface area contributed by atoms with Gasteiger partial charge in [0.05, 0.1) is 30.3 Å². The first-order valence-corrected chi connectivity index (χ1v) is 7.02. The minimum Gasteiger partial charge on any atom is -0.493 e. The van der Waals surface area contributed by atoms with E-state index in [0.717, 1.165) is 9.13 Å². The van der Waals surface area contributed by atoms with Crippen LogP contribution in [0.4, 0.5) is 0 Å². The Morgan fingerprint density at radius 2 is 2.19 bits per heavy atom. The lowest BCUT2D eigenvalue weighted by atomic mass is 10.2. The van der Waals surface area contributed by atoms with Crippen LogP contribution in [0.3, 0.4) is 0 Å². The van der Waals surface area contributed by atoms with Crippen LogP contribution in [-0.4, -0.2) is 26.3 Å². The molecule has 0 saturated heterocycles. The van der Waals surface area contributed by atoms with Crippen molar-refractivity contribution in [3.8, 4) is 11.5 Å². The van der Waals surface area contributed by atoms with Gasteiger partial charge < -0.3 is 13.9 Å². The second-order valence-electron chi connectivity index (χ2n) is 3.91. The number of hydrazone groups is 1. The van der Waals surface area contributed by atoms with Gasteiger partial charge in [0.2, 0.25) is 0 Å². The van der Waals surface area contributed by atoms with Crippen LogP contribution in [0.1, 0.15) is 16.1 Å². The van der Waals surface area contributed by atoms with Gasteiger partial charge in [-0.15, -0.1) is 0 Å². The molecule has 110 valence electrons. The highest BCUT2D eigenvalue weighted by atomic mass is 127. The fourth-order valence-corrected chi connectivity index (χ4v) is 2.49. The van der Waals surface area contributed by atoms with Crippen molar-refractivity contribution in [2.45, 2.75) is 0 Å². The SMILES string of the molecule is COc1cc(/C=N\NC(=O)c2ccco2)cc(I)c1OC. The molecule has 0 saturated carbocycles. The van der Waals surface area contributed by atoms with Crippen LogP contribution in [0.25, 0.3) is 0 Å². The van der Waals surface area contributed by atoms with Crippen molar-refractivity contribution in [1.82, 2.24) is 5.43 Å². The van der Waals surface area contributed by atoms with Gasteiger partial charge in [-0.2, -0.15) is 5.10 Å². The number of hydrogen-bond acceptors (Lipinski definition) is 5. The molecule has 0 aliphatic heterocycles. The molecule has 0 atom stereocenters. The summed E-state index contributed by atoms with van der Waals surface area (Å²) in [6, 6.07) is 6.83. The number of ether oxygens (including phenoxy) is 2. The van der Waals surface area contributed by atoms with Crippen molar-refractivity contribution in [3.05, 3.63) is 45.4 Å². The highest BCUT2D eigenvalue weighted by molar-refractivity contribution is 14.1. The maximum atomic E-state index is 11.6. The van der Waals surface area contributed by atoms with E-state index in [1.807, 2.05) is 6.07 Å². The molecule has 1 amide bonds. The summed E-state index contributed by atoms with van der Waals surface area (Å²) in [4.78, 5) is 11.6. The standard InChI is InChI=1S/C14H13IN2O4/c1-19-12-7-9(6-10(15)13(12)20-2)8-16-17-14(18)11-4-3-5-21-11/h3-8H,1-2H3,(H,17,18)/b16-8-. The molecule has 6 nitrogen and oxygen atoms in total. The summed E-state index contributed by atoms with van der Waals surface area (Å²) in [5.74, 6) is 1.05. The predicted octanol–water partition coefficient (Wildman–Crippen LogP) is 2.67. The van der Waals surface area contributed by atoms with Gasteiger partial charge in [-0.05, 0) is 52.4 Å². The van der Waals surface area contributed by atoms with E-state index in [1.54, 1.807) is 32.4 Å². The first-order valence-electron chi connectivity index (χ1n) is 5.94. The van der Waals surface area contributed by atoms with E-state index in [-0.39, 0.29) is 5.76 Å². The van der Waals surface area contributed by atoms with E-state index in [2.05, 4.69) is 33.1 Å². The number of carbonyl (C=O) groups excluding carboxylic acids is 1. The number of carbonyl (C=O) groups is 1. The quantitative estimate of drug-likeness (QED) is 0.476. The minimum absolute atomic E-state index is 0.203. The van der Waals surface area contributed by atoms with Gasteiger partial charge in [-0.1, -0.05) is 0 Å². The number of methoxy groups -OCH3 is 2. The Balaban J connectivity index is 2.11. The summed E-state index contributed by atoms with van der Waals surface area (Å²) in [6.45, 7) is 0. The van der Waals surface area contributed by atoms with Crippen molar-refractivity contribution in [2.24, 2.45) is 5.10 Å². The summed E-state index contributed by atoms with van der Waals surface area (Å²) in [5, 5.41) is 3.89. The molecule has 1 aromatic carbocycles. The predicted molar refractivity (Wildman–Crippen MR) is 86.0 cm³/mol. The third-order valence-electron chi connectivity index (χ3n) is 2.58. The maximum Gasteiger partial charge on any atom is 0.307 e. The van der Waals surface area contributed by atoms with Crippen molar-refractivity contribution in [3.63, 3.8) is 0 Å². The number of halogens is 1. The fraction of sp³-hybridized carbons (Fsp3) is 0.143. The van der Waals surface area contributed by atoms with E-state index >= 15 is 0 Å². The lowest BCUT2D eigenvalue weighted by Crippen LogP contribution is -2.16. The molecule has 2 aromatic rings. The molecule has 1 heterocycles. The number of nitrogens with zero attached hydrogens (tertiary/aromatic N) is 1. The average molecular weight is 400 g/mol. The van der Waals surface area contributed by atoms with E-state index in [4.69, 9.17) is 13.9 Å². The molecule has 21 heavy (non-hydrogen) atoms. The van der Waals surface area contributed by atoms with Crippen molar-refractivity contribution < 1.29 is 18.7 Å². The highest BCUT2D eigenvalue weighted by Gasteiger charge is 2.10. The van der Waals surface area contributed by atoms with E-state index in [0.29, 0.717) is 11.5 Å². The number of nitrogens with one attached hydrogen (secondary N) is 1. The molecule has 0 bridgehead atoms. The topological polar surface area (TPSA) is 73.1 Å².